The molecule has 0 aliphatic heterocycles. The SMILES string of the molecule is CC(C)C(C#N)C(=O)NC[C@@H](C)O. The number of nitriles is 1. The molecular formula is C9H16N2O2. The monoisotopic (exact) mass is 184 g/mol. The van der Waals surface area contributed by atoms with Gasteiger partial charge in [-0.25, -0.2) is 0 Å². The fourth-order valence-corrected chi connectivity index (χ4v) is 0.869. The maximum Gasteiger partial charge on any atom is 0.237 e. The third-order valence-corrected chi connectivity index (χ3v) is 1.66. The summed E-state index contributed by atoms with van der Waals surface area (Å²) in [7, 11) is 0. The van der Waals surface area contributed by atoms with E-state index < -0.39 is 12.0 Å². The third kappa shape index (κ3) is 4.48. The Labute approximate surface area is 78.6 Å². The Kier molecular flexibility index (Phi) is 5.09. The second-order valence-corrected chi connectivity index (χ2v) is 3.44. The summed E-state index contributed by atoms with van der Waals surface area (Å²) in [6.45, 7) is 5.41. The summed E-state index contributed by atoms with van der Waals surface area (Å²) >= 11 is 0. The van der Waals surface area contributed by atoms with Crippen molar-refractivity contribution >= 4 is 5.91 Å². The Hall–Kier alpha value is -1.08. The van der Waals surface area contributed by atoms with Crippen molar-refractivity contribution in [1.29, 1.82) is 5.26 Å². The Bertz CT molecular complexity index is 206. The fourth-order valence-electron chi connectivity index (χ4n) is 0.869. The van der Waals surface area contributed by atoms with E-state index >= 15 is 0 Å². The van der Waals surface area contributed by atoms with Gasteiger partial charge in [0.15, 0.2) is 0 Å². The van der Waals surface area contributed by atoms with Gasteiger partial charge < -0.3 is 10.4 Å². The van der Waals surface area contributed by atoms with Gasteiger partial charge in [-0.05, 0) is 12.8 Å². The number of amides is 1. The Balaban J connectivity index is 4.02. The number of nitrogens with zero attached hydrogens (tertiary/aromatic N) is 1. The number of aliphatic hydroxyl groups is 1. The van der Waals surface area contributed by atoms with E-state index in [1.165, 1.54) is 0 Å². The van der Waals surface area contributed by atoms with E-state index in [0.29, 0.717) is 0 Å². The quantitative estimate of drug-likeness (QED) is 0.659. The van der Waals surface area contributed by atoms with Gasteiger partial charge in [0.1, 0.15) is 5.92 Å². The van der Waals surface area contributed by atoms with Crippen LogP contribution in [0, 0.1) is 23.2 Å². The maximum absolute atomic E-state index is 11.3. The third-order valence-electron chi connectivity index (χ3n) is 1.66. The molecule has 0 rings (SSSR count). The molecule has 13 heavy (non-hydrogen) atoms. The smallest absolute Gasteiger partial charge is 0.237 e. The van der Waals surface area contributed by atoms with Crippen LogP contribution in [0.25, 0.3) is 0 Å². The molecule has 74 valence electrons. The molecule has 0 spiro atoms. The minimum absolute atomic E-state index is 0.000927. The lowest BCUT2D eigenvalue weighted by Gasteiger charge is -2.13. The molecule has 1 unspecified atom stereocenters. The number of carbonyl (C=O) groups is 1. The average Bonchev–Trinajstić information content (AvgIpc) is 2.01. The lowest BCUT2D eigenvalue weighted by Crippen LogP contribution is -2.36. The van der Waals surface area contributed by atoms with E-state index in [0.717, 1.165) is 0 Å². The zero-order valence-corrected chi connectivity index (χ0v) is 8.24. The van der Waals surface area contributed by atoms with Crippen molar-refractivity contribution in [2.24, 2.45) is 11.8 Å². The van der Waals surface area contributed by atoms with Crippen LogP contribution in [0.15, 0.2) is 0 Å². The van der Waals surface area contributed by atoms with Crippen LogP contribution in [-0.2, 0) is 4.79 Å². The van der Waals surface area contributed by atoms with Gasteiger partial charge in [0.2, 0.25) is 5.91 Å². The number of carbonyl (C=O) groups excluding carboxylic acids is 1. The number of hydrogen-bond acceptors (Lipinski definition) is 3. The molecule has 0 saturated heterocycles. The topological polar surface area (TPSA) is 73.1 Å². The van der Waals surface area contributed by atoms with Crippen LogP contribution in [0.5, 0.6) is 0 Å². The molecule has 0 aromatic heterocycles. The number of hydrogen-bond donors (Lipinski definition) is 2. The molecular weight excluding hydrogens is 168 g/mol. The molecule has 2 atom stereocenters. The lowest BCUT2D eigenvalue weighted by molar-refractivity contribution is -0.124. The van der Waals surface area contributed by atoms with E-state index in [1.807, 2.05) is 19.9 Å². The predicted octanol–water partition coefficient (Wildman–Crippen LogP) is 0.279. The first kappa shape index (κ1) is 11.9. The second kappa shape index (κ2) is 5.55. The van der Waals surface area contributed by atoms with Gasteiger partial charge in [-0.15, -0.1) is 0 Å². The molecule has 4 heteroatoms. The minimum atomic E-state index is -0.626. The van der Waals surface area contributed by atoms with Crippen LogP contribution in [0.2, 0.25) is 0 Å². The first-order valence-corrected chi connectivity index (χ1v) is 4.34. The zero-order chi connectivity index (χ0) is 10.4. The Morgan fingerprint density at radius 3 is 2.38 bits per heavy atom. The van der Waals surface area contributed by atoms with Crippen molar-refractivity contribution in [3.8, 4) is 6.07 Å². The molecule has 0 aliphatic carbocycles. The molecule has 0 aromatic carbocycles. The lowest BCUT2D eigenvalue weighted by atomic mass is 9.97. The normalized spacial score (nSPS) is 14.8. The van der Waals surface area contributed by atoms with Gasteiger partial charge in [0.25, 0.3) is 0 Å². The summed E-state index contributed by atoms with van der Waals surface area (Å²) in [5.41, 5.74) is 0. The summed E-state index contributed by atoms with van der Waals surface area (Å²) in [6, 6.07) is 1.93. The molecule has 0 aromatic rings. The van der Waals surface area contributed by atoms with Crippen molar-refractivity contribution in [2.75, 3.05) is 6.54 Å². The van der Waals surface area contributed by atoms with Gasteiger partial charge in [0, 0.05) is 6.54 Å². The fraction of sp³-hybridized carbons (Fsp3) is 0.778. The average molecular weight is 184 g/mol. The second-order valence-electron chi connectivity index (χ2n) is 3.44. The molecule has 0 heterocycles. The highest BCUT2D eigenvalue weighted by atomic mass is 16.3. The Morgan fingerprint density at radius 2 is 2.08 bits per heavy atom. The molecule has 2 N–H and O–H groups in total. The standard InChI is InChI=1S/C9H16N2O2/c1-6(2)8(4-10)9(13)11-5-7(3)12/h6-8,12H,5H2,1-3H3,(H,11,13)/t7-,8?/m1/s1. The summed E-state index contributed by atoms with van der Waals surface area (Å²) in [5.74, 6) is -0.934. The van der Waals surface area contributed by atoms with Crippen LogP contribution in [0.1, 0.15) is 20.8 Å². The van der Waals surface area contributed by atoms with E-state index in [2.05, 4.69) is 5.32 Å². The predicted molar refractivity (Wildman–Crippen MR) is 48.6 cm³/mol. The highest BCUT2D eigenvalue weighted by Crippen LogP contribution is 2.08. The molecule has 0 bridgehead atoms. The minimum Gasteiger partial charge on any atom is -0.392 e. The van der Waals surface area contributed by atoms with Crippen LogP contribution in [-0.4, -0.2) is 23.7 Å². The van der Waals surface area contributed by atoms with E-state index in [1.54, 1.807) is 6.92 Å². The highest BCUT2D eigenvalue weighted by Gasteiger charge is 2.21. The zero-order valence-electron chi connectivity index (χ0n) is 8.24. The number of nitrogens with one attached hydrogen (secondary N) is 1. The molecule has 0 fully saturated rings. The van der Waals surface area contributed by atoms with Crippen molar-refractivity contribution in [1.82, 2.24) is 5.32 Å². The van der Waals surface area contributed by atoms with Gasteiger partial charge in [0.05, 0.1) is 12.2 Å². The summed E-state index contributed by atoms with van der Waals surface area (Å²) in [6.07, 6.45) is -0.574. The molecule has 0 saturated carbocycles. The van der Waals surface area contributed by atoms with Gasteiger partial charge in [-0.3, -0.25) is 4.79 Å². The number of rotatable bonds is 4. The van der Waals surface area contributed by atoms with Gasteiger partial charge in [-0.1, -0.05) is 13.8 Å². The van der Waals surface area contributed by atoms with Crippen LogP contribution >= 0.6 is 0 Å². The van der Waals surface area contributed by atoms with Crippen LogP contribution < -0.4 is 5.32 Å². The maximum atomic E-state index is 11.3. The highest BCUT2D eigenvalue weighted by molar-refractivity contribution is 5.81. The molecule has 0 aliphatic rings. The largest absolute Gasteiger partial charge is 0.392 e. The van der Waals surface area contributed by atoms with Crippen molar-refractivity contribution in [2.45, 2.75) is 26.9 Å². The van der Waals surface area contributed by atoms with E-state index in [4.69, 9.17) is 10.4 Å². The molecule has 4 nitrogen and oxygen atoms in total. The van der Waals surface area contributed by atoms with E-state index in [9.17, 15) is 4.79 Å². The first-order chi connectivity index (χ1) is 5.99. The van der Waals surface area contributed by atoms with Crippen LogP contribution in [0.4, 0.5) is 0 Å². The van der Waals surface area contributed by atoms with E-state index in [-0.39, 0.29) is 18.4 Å². The van der Waals surface area contributed by atoms with Crippen molar-refractivity contribution in [3.05, 3.63) is 0 Å². The summed E-state index contributed by atoms with van der Waals surface area (Å²) < 4.78 is 0. The number of aliphatic hydroxyl groups excluding tert-OH is 1. The Morgan fingerprint density at radius 1 is 1.54 bits per heavy atom. The van der Waals surface area contributed by atoms with Crippen molar-refractivity contribution < 1.29 is 9.90 Å². The van der Waals surface area contributed by atoms with Crippen LogP contribution in [0.3, 0.4) is 0 Å². The molecule has 0 radical (unpaired) electrons. The summed E-state index contributed by atoms with van der Waals surface area (Å²) in [5, 5.41) is 20.1. The first-order valence-electron chi connectivity index (χ1n) is 4.34. The van der Waals surface area contributed by atoms with Gasteiger partial charge in [-0.2, -0.15) is 5.26 Å². The van der Waals surface area contributed by atoms with Crippen molar-refractivity contribution in [3.63, 3.8) is 0 Å². The molecule has 1 amide bonds. The summed E-state index contributed by atoms with van der Waals surface area (Å²) in [4.78, 5) is 11.3. The van der Waals surface area contributed by atoms with Gasteiger partial charge >= 0.3 is 0 Å².